The molecule has 3 N–H and O–H groups in total. The van der Waals surface area contributed by atoms with E-state index in [0.29, 0.717) is 54.7 Å². The van der Waals surface area contributed by atoms with Crippen molar-refractivity contribution in [1.29, 1.82) is 5.41 Å². The average Bonchev–Trinajstić information content (AvgIpc) is 3.47. The molecule has 1 aliphatic heterocycles. The minimum atomic E-state index is -0.984. The van der Waals surface area contributed by atoms with Gasteiger partial charge in [-0.2, -0.15) is 5.10 Å². The van der Waals surface area contributed by atoms with Crippen molar-refractivity contribution in [2.45, 2.75) is 38.3 Å². The van der Waals surface area contributed by atoms with E-state index in [4.69, 9.17) is 26.8 Å². The van der Waals surface area contributed by atoms with Gasteiger partial charge in [0.05, 0.1) is 12.3 Å². The van der Waals surface area contributed by atoms with Crippen LogP contribution in [0.1, 0.15) is 33.9 Å². The highest BCUT2D eigenvalue weighted by Crippen LogP contribution is 2.42. The molecular weight excluding hydrogens is 632 g/mol. The van der Waals surface area contributed by atoms with Crippen molar-refractivity contribution in [3.8, 4) is 16.9 Å². The van der Waals surface area contributed by atoms with Gasteiger partial charge in [0.1, 0.15) is 11.4 Å². The Hall–Kier alpha value is -4.25. The quantitative estimate of drug-likeness (QED) is 0.181. The molecule has 244 valence electrons. The van der Waals surface area contributed by atoms with Crippen molar-refractivity contribution >= 4 is 56.7 Å². The number of halogens is 1. The molecule has 9 nitrogen and oxygen atoms in total. The fourth-order valence-electron chi connectivity index (χ4n) is 6.54. The number of carboxylic acid groups (broad SMARTS) is 1. The van der Waals surface area contributed by atoms with Gasteiger partial charge in [-0.3, -0.25) is 9.58 Å². The van der Waals surface area contributed by atoms with E-state index in [2.05, 4.69) is 34.5 Å². The van der Waals surface area contributed by atoms with Gasteiger partial charge in [-0.25, -0.2) is 4.79 Å². The van der Waals surface area contributed by atoms with E-state index >= 15 is 0 Å². The van der Waals surface area contributed by atoms with Gasteiger partial charge in [-0.05, 0) is 68.6 Å². The van der Waals surface area contributed by atoms with Crippen LogP contribution in [0.25, 0.3) is 32.8 Å². The number of thioether (sulfide) groups is 1. The van der Waals surface area contributed by atoms with Gasteiger partial charge < -0.3 is 25.1 Å². The molecule has 1 aliphatic rings. The van der Waals surface area contributed by atoms with E-state index in [1.54, 1.807) is 11.8 Å². The number of hydrogen-bond donors (Lipinski definition) is 3. The number of fused-ring (bicyclic) bond motifs is 6. The Kier molecular flexibility index (Phi) is 9.36. The first kappa shape index (κ1) is 32.7. The zero-order chi connectivity index (χ0) is 33.4. The van der Waals surface area contributed by atoms with Crippen LogP contribution in [0.2, 0.25) is 5.02 Å². The summed E-state index contributed by atoms with van der Waals surface area (Å²) in [5.74, 6) is 0.475. The number of benzene rings is 3. The second-order valence-electron chi connectivity index (χ2n) is 12.0. The number of aryl methyl sites for hydroxylation is 3. The SMILES string of the molecule is CN/C1=C\C(=N)CN(C)Cc2nn(C)c(C)c2-c2c(Cl)ccc3c2c(C)c(C(=O)O)n3CCCOc2cc(cc3ccccc23)SC1. The second kappa shape index (κ2) is 13.5. The standard InChI is InChI=1S/C36H39ClN6O3S/c1-21-32-30-12-11-28(37)34(32)33-22(2)42(5)40-29(33)19-41(4)18-24(38)16-25(39-3)20-47-26-15-23-9-6-7-10-27(23)31(17-26)46-14-8-13-43(30)35(21)36(44)45/h6-7,9-12,15-17,38-39H,8,13-14,18-20H2,1-5H3,(H,44,45)/b25-16-,38-24?. The number of aromatic nitrogens is 3. The van der Waals surface area contributed by atoms with Gasteiger partial charge in [-0.1, -0.05) is 35.9 Å². The molecule has 0 fully saturated rings. The molecule has 0 spiro atoms. The summed E-state index contributed by atoms with van der Waals surface area (Å²) >= 11 is 8.67. The van der Waals surface area contributed by atoms with E-state index in [-0.39, 0.29) is 5.69 Å². The van der Waals surface area contributed by atoms with E-state index < -0.39 is 5.97 Å². The minimum Gasteiger partial charge on any atom is -0.493 e. The Labute approximate surface area is 283 Å². The van der Waals surface area contributed by atoms with Gasteiger partial charge >= 0.3 is 5.97 Å². The molecule has 47 heavy (non-hydrogen) atoms. The van der Waals surface area contributed by atoms with E-state index in [9.17, 15) is 9.90 Å². The lowest BCUT2D eigenvalue weighted by molar-refractivity contribution is 0.0684. The molecular formula is C36H39ClN6O3S. The third kappa shape index (κ3) is 6.37. The number of carboxylic acids is 1. The smallest absolute Gasteiger partial charge is 0.352 e. The van der Waals surface area contributed by atoms with Crippen molar-refractivity contribution in [2.75, 3.05) is 33.0 Å². The van der Waals surface area contributed by atoms with Crippen LogP contribution < -0.4 is 10.1 Å². The molecule has 0 atom stereocenters. The van der Waals surface area contributed by atoms with Crippen molar-refractivity contribution in [1.82, 2.24) is 24.6 Å². The number of nitrogens with zero attached hydrogens (tertiary/aromatic N) is 4. The fraction of sp³-hybridized carbons (Fsp3) is 0.306. The normalized spacial score (nSPS) is 16.4. The lowest BCUT2D eigenvalue weighted by Crippen LogP contribution is -2.25. The number of aromatic carboxylic acids is 1. The zero-order valence-corrected chi connectivity index (χ0v) is 28.8. The first-order valence-corrected chi connectivity index (χ1v) is 16.9. The molecule has 3 aromatic carbocycles. The summed E-state index contributed by atoms with van der Waals surface area (Å²) in [5, 5.41) is 30.9. The molecule has 0 unspecified atom stereocenters. The zero-order valence-electron chi connectivity index (χ0n) is 27.3. The van der Waals surface area contributed by atoms with Gasteiger partial charge in [0, 0.05) is 93.9 Å². The van der Waals surface area contributed by atoms with Crippen molar-refractivity contribution in [3.05, 3.63) is 88.0 Å². The fourth-order valence-corrected chi connectivity index (χ4v) is 7.74. The Morgan fingerprint density at radius 1 is 1.11 bits per heavy atom. The molecule has 0 aliphatic carbocycles. The number of hydrogen-bond acceptors (Lipinski definition) is 7. The first-order valence-electron chi connectivity index (χ1n) is 15.6. The predicted octanol–water partition coefficient (Wildman–Crippen LogP) is 7.29. The Bertz CT molecular complexity index is 2060. The maximum absolute atomic E-state index is 12.7. The minimum absolute atomic E-state index is 0.246. The Morgan fingerprint density at radius 2 is 1.89 bits per heavy atom. The van der Waals surface area contributed by atoms with Crippen LogP contribution in [0.5, 0.6) is 5.75 Å². The largest absolute Gasteiger partial charge is 0.493 e. The molecule has 3 heterocycles. The van der Waals surface area contributed by atoms with Crippen LogP contribution in [-0.2, 0) is 20.1 Å². The highest BCUT2D eigenvalue weighted by atomic mass is 35.5. The molecule has 5 aromatic rings. The summed E-state index contributed by atoms with van der Waals surface area (Å²) < 4.78 is 10.1. The predicted molar refractivity (Wildman–Crippen MR) is 192 cm³/mol. The van der Waals surface area contributed by atoms with E-state index in [1.807, 2.05) is 74.6 Å². The summed E-state index contributed by atoms with van der Waals surface area (Å²) in [6.07, 6.45) is 2.50. The number of carbonyl (C=O) groups is 1. The number of rotatable bonds is 2. The molecule has 0 amide bonds. The summed E-state index contributed by atoms with van der Waals surface area (Å²) in [6, 6.07) is 16.2. The van der Waals surface area contributed by atoms with Gasteiger partial charge in [0.25, 0.3) is 0 Å². The Balaban J connectivity index is 1.50. The van der Waals surface area contributed by atoms with Crippen molar-refractivity contribution in [2.24, 2.45) is 7.05 Å². The summed E-state index contributed by atoms with van der Waals surface area (Å²) in [7, 11) is 5.77. The van der Waals surface area contributed by atoms with Crippen LogP contribution in [-0.4, -0.2) is 69.0 Å². The third-order valence-electron chi connectivity index (χ3n) is 8.79. The van der Waals surface area contributed by atoms with Gasteiger partial charge in [0.2, 0.25) is 0 Å². The summed E-state index contributed by atoms with van der Waals surface area (Å²) in [4.78, 5) is 15.9. The van der Waals surface area contributed by atoms with Crippen LogP contribution in [0.3, 0.4) is 0 Å². The van der Waals surface area contributed by atoms with Crippen LogP contribution in [0.4, 0.5) is 0 Å². The van der Waals surface area contributed by atoms with Gasteiger partial charge in [0.15, 0.2) is 0 Å². The van der Waals surface area contributed by atoms with E-state index in [0.717, 1.165) is 60.5 Å². The molecule has 2 aromatic heterocycles. The van der Waals surface area contributed by atoms with E-state index in [1.165, 1.54) is 0 Å². The molecule has 0 saturated carbocycles. The lowest BCUT2D eigenvalue weighted by Gasteiger charge is -2.17. The molecule has 6 rings (SSSR count). The van der Waals surface area contributed by atoms with Gasteiger partial charge in [-0.15, -0.1) is 11.8 Å². The lowest BCUT2D eigenvalue weighted by atomic mass is 9.96. The highest BCUT2D eigenvalue weighted by molar-refractivity contribution is 7.99. The number of nitrogens with one attached hydrogen (secondary N) is 2. The first-order chi connectivity index (χ1) is 22.6. The highest BCUT2D eigenvalue weighted by Gasteiger charge is 2.27. The molecule has 0 radical (unpaired) electrons. The van der Waals surface area contributed by atoms with Crippen molar-refractivity contribution in [3.63, 3.8) is 0 Å². The second-order valence-corrected chi connectivity index (χ2v) is 13.5. The topological polar surface area (TPSA) is 108 Å². The third-order valence-corrected chi connectivity index (χ3v) is 10.1. The average molecular weight is 671 g/mol. The molecule has 0 saturated heterocycles. The molecule has 6 bridgehead atoms. The maximum Gasteiger partial charge on any atom is 0.352 e. The Morgan fingerprint density at radius 3 is 2.66 bits per heavy atom. The molecule has 11 heteroatoms. The van der Waals surface area contributed by atoms with Crippen molar-refractivity contribution < 1.29 is 14.6 Å². The number of ether oxygens (including phenoxy) is 1. The van der Waals surface area contributed by atoms with Crippen LogP contribution >= 0.6 is 23.4 Å². The maximum atomic E-state index is 12.7. The van der Waals surface area contributed by atoms with Crippen LogP contribution in [0, 0.1) is 19.3 Å². The monoisotopic (exact) mass is 670 g/mol. The summed E-state index contributed by atoms with van der Waals surface area (Å²) in [6.45, 7) is 5.62. The van der Waals surface area contributed by atoms with Crippen LogP contribution in [0.15, 0.2) is 65.2 Å². The summed E-state index contributed by atoms with van der Waals surface area (Å²) in [5.41, 5.74) is 6.57.